The molecule has 1 saturated heterocycles. The van der Waals surface area contributed by atoms with Crippen LogP contribution in [0.4, 0.5) is 0 Å². The van der Waals surface area contributed by atoms with Crippen molar-refractivity contribution in [3.05, 3.63) is 52.5 Å². The summed E-state index contributed by atoms with van der Waals surface area (Å²) in [7, 11) is 0. The molecule has 1 aliphatic rings. The van der Waals surface area contributed by atoms with Gasteiger partial charge in [0.05, 0.1) is 21.8 Å². The number of likely N-dealkylation sites (tertiary alicyclic amines) is 1. The largest absolute Gasteiger partial charge is 0.486 e. The first-order valence-electron chi connectivity index (χ1n) is 12.4. The van der Waals surface area contributed by atoms with Crippen LogP contribution in [-0.4, -0.2) is 52.3 Å². The van der Waals surface area contributed by atoms with Crippen molar-refractivity contribution in [3.8, 4) is 16.2 Å². The Hall–Kier alpha value is -3.53. The molecule has 2 amide bonds. The molecule has 9 nitrogen and oxygen atoms in total. The second-order valence-electron chi connectivity index (χ2n) is 9.57. The van der Waals surface area contributed by atoms with Gasteiger partial charge < -0.3 is 19.5 Å². The number of aromatic nitrogens is 2. The van der Waals surface area contributed by atoms with Crippen LogP contribution in [0, 0.1) is 19.8 Å². The highest BCUT2D eigenvalue weighted by molar-refractivity contribution is 7.13. The molecule has 0 radical (unpaired) electrons. The van der Waals surface area contributed by atoms with Gasteiger partial charge in [0.1, 0.15) is 30.1 Å². The maximum Gasteiger partial charge on any atom is 0.243 e. The van der Waals surface area contributed by atoms with Gasteiger partial charge in [0.15, 0.2) is 6.29 Å². The van der Waals surface area contributed by atoms with Crippen LogP contribution in [0.15, 0.2) is 34.3 Å². The van der Waals surface area contributed by atoms with Crippen molar-refractivity contribution >= 4 is 29.4 Å². The molecule has 0 bridgehead atoms. The number of carbonyl (C=O) groups is 3. The van der Waals surface area contributed by atoms with E-state index in [9.17, 15) is 14.4 Å². The summed E-state index contributed by atoms with van der Waals surface area (Å²) >= 11 is 1.53. The minimum Gasteiger partial charge on any atom is -0.486 e. The van der Waals surface area contributed by atoms with Crippen molar-refractivity contribution in [2.75, 3.05) is 13.2 Å². The van der Waals surface area contributed by atoms with E-state index in [0.29, 0.717) is 36.5 Å². The summed E-state index contributed by atoms with van der Waals surface area (Å²) in [6.45, 7) is 8.32. The van der Waals surface area contributed by atoms with Crippen LogP contribution < -0.4 is 10.1 Å². The van der Waals surface area contributed by atoms with Gasteiger partial charge in [-0.2, -0.15) is 0 Å². The molecule has 0 aliphatic carbocycles. The fourth-order valence-electron chi connectivity index (χ4n) is 4.73. The van der Waals surface area contributed by atoms with E-state index in [2.05, 4.69) is 15.5 Å². The van der Waals surface area contributed by atoms with Gasteiger partial charge in [-0.3, -0.25) is 14.4 Å². The molecule has 2 aromatic heterocycles. The van der Waals surface area contributed by atoms with Crippen molar-refractivity contribution in [1.82, 2.24) is 20.4 Å². The number of nitrogens with zero attached hydrogens (tertiary/aromatic N) is 3. The van der Waals surface area contributed by atoms with Crippen LogP contribution in [0.3, 0.4) is 0 Å². The van der Waals surface area contributed by atoms with Gasteiger partial charge in [-0.05, 0) is 44.2 Å². The van der Waals surface area contributed by atoms with Crippen LogP contribution in [0.1, 0.15) is 55.3 Å². The van der Waals surface area contributed by atoms with Crippen LogP contribution >= 0.6 is 11.3 Å². The van der Waals surface area contributed by atoms with Crippen LogP contribution in [0.25, 0.3) is 10.4 Å². The second kappa shape index (κ2) is 11.7. The van der Waals surface area contributed by atoms with Crippen LogP contribution in [-0.2, 0) is 20.9 Å². The number of thiazole rings is 1. The third-order valence-electron chi connectivity index (χ3n) is 6.56. The average Bonchev–Trinajstić information content (AvgIpc) is 3.62. The monoisotopic (exact) mass is 524 g/mol. The van der Waals surface area contributed by atoms with E-state index in [1.807, 2.05) is 45.9 Å². The average molecular weight is 525 g/mol. The molecule has 1 fully saturated rings. The molecular formula is C27H32N4O5S. The number of aryl methyl sites for hydroxylation is 2. The highest BCUT2D eigenvalue weighted by atomic mass is 32.1. The molecule has 0 spiro atoms. The van der Waals surface area contributed by atoms with Gasteiger partial charge in [0.25, 0.3) is 0 Å². The Morgan fingerprint density at radius 3 is 2.76 bits per heavy atom. The summed E-state index contributed by atoms with van der Waals surface area (Å²) in [5, 5.41) is 6.91. The minimum absolute atomic E-state index is 0.0117. The summed E-state index contributed by atoms with van der Waals surface area (Å²) in [6, 6.07) is 6.92. The lowest BCUT2D eigenvalue weighted by Gasteiger charge is -2.29. The summed E-state index contributed by atoms with van der Waals surface area (Å²) in [6.07, 6.45) is 2.03. The first kappa shape index (κ1) is 26.5. The zero-order valence-corrected chi connectivity index (χ0v) is 22.3. The first-order chi connectivity index (χ1) is 17.8. The molecule has 1 aliphatic heterocycles. The maximum atomic E-state index is 13.5. The number of aldehydes is 1. The van der Waals surface area contributed by atoms with Crippen molar-refractivity contribution in [2.45, 2.75) is 59.0 Å². The minimum atomic E-state index is -0.559. The third kappa shape index (κ3) is 5.90. The van der Waals surface area contributed by atoms with E-state index in [0.717, 1.165) is 28.1 Å². The zero-order chi connectivity index (χ0) is 26.5. The summed E-state index contributed by atoms with van der Waals surface area (Å²) < 4.78 is 11.1. The lowest BCUT2D eigenvalue weighted by Crippen LogP contribution is -2.47. The van der Waals surface area contributed by atoms with Gasteiger partial charge >= 0.3 is 0 Å². The Bertz CT molecular complexity index is 1270. The summed E-state index contributed by atoms with van der Waals surface area (Å²) in [5.41, 5.74) is 5.10. The fraction of sp³-hybridized carbons (Fsp3) is 0.444. The van der Waals surface area contributed by atoms with Crippen molar-refractivity contribution < 1.29 is 23.6 Å². The van der Waals surface area contributed by atoms with E-state index in [4.69, 9.17) is 9.26 Å². The van der Waals surface area contributed by atoms with Crippen LogP contribution in [0.5, 0.6) is 5.75 Å². The van der Waals surface area contributed by atoms with Gasteiger partial charge in [-0.1, -0.05) is 31.1 Å². The third-order valence-corrected chi connectivity index (χ3v) is 7.54. The molecule has 4 rings (SSSR count). The Morgan fingerprint density at radius 1 is 1.30 bits per heavy atom. The van der Waals surface area contributed by atoms with Gasteiger partial charge in [-0.25, -0.2) is 4.98 Å². The van der Waals surface area contributed by atoms with E-state index < -0.39 is 12.0 Å². The smallest absolute Gasteiger partial charge is 0.243 e. The number of nitrogens with one attached hydrogen (secondary N) is 1. The van der Waals surface area contributed by atoms with Crippen LogP contribution in [0.2, 0.25) is 0 Å². The van der Waals surface area contributed by atoms with Gasteiger partial charge in [0, 0.05) is 24.7 Å². The maximum absolute atomic E-state index is 13.5. The quantitative estimate of drug-likeness (QED) is 0.398. The highest BCUT2D eigenvalue weighted by Gasteiger charge is 2.40. The topological polar surface area (TPSA) is 115 Å². The molecule has 37 heavy (non-hydrogen) atoms. The number of carbonyl (C=O) groups excluding carboxylic acids is 3. The molecule has 1 aromatic carbocycles. The Labute approximate surface area is 220 Å². The zero-order valence-electron chi connectivity index (χ0n) is 21.5. The van der Waals surface area contributed by atoms with E-state index in [-0.39, 0.29) is 30.9 Å². The number of rotatable bonds is 10. The normalized spacial score (nSPS) is 16.1. The predicted octanol–water partition coefficient (Wildman–Crippen LogP) is 4.04. The molecule has 1 N–H and O–H groups in total. The van der Waals surface area contributed by atoms with Crippen molar-refractivity contribution in [2.24, 2.45) is 5.92 Å². The molecule has 2 atom stereocenters. The molecular weight excluding hydrogens is 492 g/mol. The molecule has 10 heteroatoms. The van der Waals surface area contributed by atoms with Gasteiger partial charge in [0.2, 0.25) is 11.8 Å². The molecule has 2 unspecified atom stereocenters. The van der Waals surface area contributed by atoms with Crippen molar-refractivity contribution in [3.63, 3.8) is 0 Å². The van der Waals surface area contributed by atoms with Gasteiger partial charge in [-0.15, -0.1) is 11.3 Å². The standard InChI is InChI=1S/C27H32N4O5S/c1-16(2)24(23-12-17(3)30-36-23)27(34)31-9-5-6-21(31)26(33)28-14-20-8-7-19(13-22(20)35-11-10-32)25-18(4)29-15-37-25/h7-8,10,12-13,15-16,21,24H,5-6,9,11,14H2,1-4H3,(H,28,33). The SMILES string of the molecule is Cc1cc(C(C(=O)N2CCCC2C(=O)NCc2ccc(-c3scnc3C)cc2OCC=O)C(C)C)on1. The molecule has 196 valence electrons. The first-order valence-corrected chi connectivity index (χ1v) is 13.3. The second-order valence-corrected chi connectivity index (χ2v) is 10.4. The number of hydrogen-bond donors (Lipinski definition) is 1. The van der Waals surface area contributed by atoms with Crippen molar-refractivity contribution in [1.29, 1.82) is 0 Å². The molecule has 0 saturated carbocycles. The van der Waals surface area contributed by atoms with E-state index in [1.165, 1.54) is 11.3 Å². The summed E-state index contributed by atoms with van der Waals surface area (Å²) in [5.74, 6) is 0.200. The Morgan fingerprint density at radius 2 is 2.11 bits per heavy atom. The molecule has 3 heterocycles. The number of amides is 2. The highest BCUT2D eigenvalue weighted by Crippen LogP contribution is 2.33. The Kier molecular flexibility index (Phi) is 8.38. The Balaban J connectivity index is 1.48. The number of benzene rings is 1. The number of ether oxygens (including phenoxy) is 1. The van der Waals surface area contributed by atoms with E-state index >= 15 is 0 Å². The van der Waals surface area contributed by atoms with E-state index in [1.54, 1.807) is 16.5 Å². The summed E-state index contributed by atoms with van der Waals surface area (Å²) in [4.78, 5) is 44.7. The lowest BCUT2D eigenvalue weighted by atomic mass is 9.91. The lowest BCUT2D eigenvalue weighted by molar-refractivity contribution is -0.140. The number of hydrogen-bond acceptors (Lipinski definition) is 8. The molecule has 3 aromatic rings. The fourth-order valence-corrected chi connectivity index (χ4v) is 5.53. The predicted molar refractivity (Wildman–Crippen MR) is 139 cm³/mol.